The number of carbonyl (C=O) groups excluding carboxylic acids is 1. The number of nitrogens with one attached hydrogen (secondary N) is 3. The van der Waals surface area contributed by atoms with E-state index in [1.54, 1.807) is 24.3 Å². The molecule has 1 atom stereocenters. The van der Waals surface area contributed by atoms with E-state index in [0.29, 0.717) is 11.4 Å². The summed E-state index contributed by atoms with van der Waals surface area (Å²) < 4.78 is 0. The molecule has 4 N–H and O–H groups in total. The molecule has 0 saturated carbocycles. The fraction of sp³-hybridized carbons (Fsp3) is 0.176. The van der Waals surface area contributed by atoms with E-state index < -0.39 is 6.09 Å². The Balaban J connectivity index is 1.71. The van der Waals surface area contributed by atoms with E-state index in [1.807, 2.05) is 24.3 Å². The third kappa shape index (κ3) is 3.49. The van der Waals surface area contributed by atoms with Gasteiger partial charge in [-0.2, -0.15) is 0 Å². The molecule has 0 radical (unpaired) electrons. The summed E-state index contributed by atoms with van der Waals surface area (Å²) in [5.41, 5.74) is 3.26. The Morgan fingerprint density at radius 1 is 1.00 bits per heavy atom. The van der Waals surface area contributed by atoms with E-state index in [0.717, 1.165) is 18.5 Å². The van der Waals surface area contributed by atoms with Crippen LogP contribution in [0.3, 0.4) is 0 Å². The zero-order valence-electron chi connectivity index (χ0n) is 12.4. The monoisotopic (exact) mass is 311 g/mol. The van der Waals surface area contributed by atoms with Gasteiger partial charge in [-0.05, 0) is 41.8 Å². The summed E-state index contributed by atoms with van der Waals surface area (Å²) in [6, 6.07) is 14.1. The average Bonchev–Trinajstić information content (AvgIpc) is 2.55. The van der Waals surface area contributed by atoms with Gasteiger partial charge in [0.1, 0.15) is 6.04 Å². The van der Waals surface area contributed by atoms with Crippen molar-refractivity contribution in [1.29, 1.82) is 0 Å². The SMILES string of the molecule is O=C(O)Nc1ccc(NC(=O)C2NCCc3ccccc32)cc1. The predicted molar refractivity (Wildman–Crippen MR) is 87.6 cm³/mol. The number of hydrogen-bond donors (Lipinski definition) is 4. The molecule has 2 aromatic rings. The summed E-state index contributed by atoms with van der Waals surface area (Å²) in [4.78, 5) is 23.1. The van der Waals surface area contributed by atoms with E-state index >= 15 is 0 Å². The van der Waals surface area contributed by atoms with Crippen LogP contribution in [0.25, 0.3) is 0 Å². The Morgan fingerprint density at radius 3 is 2.35 bits per heavy atom. The fourth-order valence-electron chi connectivity index (χ4n) is 2.71. The fourth-order valence-corrected chi connectivity index (χ4v) is 2.71. The maximum Gasteiger partial charge on any atom is 0.409 e. The maximum atomic E-state index is 12.5. The van der Waals surface area contributed by atoms with Gasteiger partial charge in [0.25, 0.3) is 0 Å². The highest BCUT2D eigenvalue weighted by Crippen LogP contribution is 2.24. The number of anilines is 2. The second-order valence-corrected chi connectivity index (χ2v) is 5.33. The summed E-state index contributed by atoms with van der Waals surface area (Å²) in [5, 5.41) is 17.0. The molecule has 1 unspecified atom stereocenters. The molecule has 2 aromatic carbocycles. The van der Waals surface area contributed by atoms with Crippen LogP contribution < -0.4 is 16.0 Å². The van der Waals surface area contributed by atoms with Crippen LogP contribution >= 0.6 is 0 Å². The smallest absolute Gasteiger partial charge is 0.409 e. The Labute approximate surface area is 133 Å². The summed E-state index contributed by atoms with van der Waals surface area (Å²) in [5.74, 6) is -0.129. The molecule has 118 valence electrons. The Bertz CT molecular complexity index is 728. The van der Waals surface area contributed by atoms with Gasteiger partial charge in [0, 0.05) is 17.9 Å². The Morgan fingerprint density at radius 2 is 1.65 bits per heavy atom. The molecule has 1 heterocycles. The lowest BCUT2D eigenvalue weighted by molar-refractivity contribution is -0.118. The Kier molecular flexibility index (Phi) is 4.25. The predicted octanol–water partition coefficient (Wildman–Crippen LogP) is 2.60. The first-order chi connectivity index (χ1) is 11.1. The molecule has 0 saturated heterocycles. The molecule has 2 amide bonds. The molecule has 0 spiro atoms. The Hall–Kier alpha value is -2.86. The highest BCUT2D eigenvalue weighted by molar-refractivity contribution is 5.96. The number of benzene rings is 2. The number of fused-ring (bicyclic) bond motifs is 1. The van der Waals surface area contributed by atoms with Gasteiger partial charge in [-0.3, -0.25) is 10.1 Å². The third-order valence-electron chi connectivity index (χ3n) is 3.77. The van der Waals surface area contributed by atoms with Gasteiger partial charge in [0.05, 0.1) is 0 Å². The largest absolute Gasteiger partial charge is 0.465 e. The lowest BCUT2D eigenvalue weighted by atomic mass is 9.94. The van der Waals surface area contributed by atoms with Crippen molar-refractivity contribution >= 4 is 23.4 Å². The van der Waals surface area contributed by atoms with E-state index in [4.69, 9.17) is 5.11 Å². The third-order valence-corrected chi connectivity index (χ3v) is 3.77. The summed E-state index contributed by atoms with van der Waals surface area (Å²) in [6.07, 6.45) is -0.208. The average molecular weight is 311 g/mol. The van der Waals surface area contributed by atoms with Crippen LogP contribution in [0.5, 0.6) is 0 Å². The van der Waals surface area contributed by atoms with E-state index in [1.165, 1.54) is 5.56 Å². The molecule has 1 aliphatic rings. The molecule has 3 rings (SSSR count). The van der Waals surface area contributed by atoms with Crippen molar-refractivity contribution < 1.29 is 14.7 Å². The molecule has 0 bridgehead atoms. The van der Waals surface area contributed by atoms with Crippen LogP contribution in [0, 0.1) is 0 Å². The van der Waals surface area contributed by atoms with Gasteiger partial charge < -0.3 is 15.7 Å². The number of carbonyl (C=O) groups is 2. The van der Waals surface area contributed by atoms with E-state index in [-0.39, 0.29) is 11.9 Å². The molecular weight excluding hydrogens is 294 g/mol. The maximum absolute atomic E-state index is 12.5. The highest BCUT2D eigenvalue weighted by atomic mass is 16.4. The lowest BCUT2D eigenvalue weighted by Crippen LogP contribution is -2.38. The van der Waals surface area contributed by atoms with Crippen molar-refractivity contribution in [3.63, 3.8) is 0 Å². The second-order valence-electron chi connectivity index (χ2n) is 5.33. The molecule has 23 heavy (non-hydrogen) atoms. The van der Waals surface area contributed by atoms with Gasteiger partial charge in [-0.25, -0.2) is 4.79 Å². The van der Waals surface area contributed by atoms with Crippen LogP contribution in [-0.2, 0) is 11.2 Å². The minimum atomic E-state index is -1.12. The van der Waals surface area contributed by atoms with Crippen LogP contribution in [0.4, 0.5) is 16.2 Å². The van der Waals surface area contributed by atoms with Gasteiger partial charge in [0.15, 0.2) is 0 Å². The van der Waals surface area contributed by atoms with Crippen molar-refractivity contribution in [2.24, 2.45) is 0 Å². The first kappa shape index (κ1) is 15.1. The minimum absolute atomic E-state index is 0.129. The molecule has 1 aliphatic heterocycles. The molecule has 0 fully saturated rings. The van der Waals surface area contributed by atoms with Crippen LogP contribution in [0.1, 0.15) is 17.2 Å². The topological polar surface area (TPSA) is 90.5 Å². The van der Waals surface area contributed by atoms with Crippen molar-refractivity contribution in [2.75, 3.05) is 17.2 Å². The molecular formula is C17H17N3O3. The van der Waals surface area contributed by atoms with Crippen molar-refractivity contribution in [3.8, 4) is 0 Å². The molecule has 6 heteroatoms. The standard InChI is InChI=1S/C17H17N3O3/c21-16(15-14-4-2-1-3-11(14)9-10-18-15)19-12-5-7-13(8-6-12)20-17(22)23/h1-8,15,18,20H,9-10H2,(H,19,21)(H,22,23). The first-order valence-corrected chi connectivity index (χ1v) is 7.35. The van der Waals surface area contributed by atoms with Gasteiger partial charge in [-0.15, -0.1) is 0 Å². The number of hydrogen-bond acceptors (Lipinski definition) is 3. The van der Waals surface area contributed by atoms with Crippen molar-refractivity contribution in [3.05, 3.63) is 59.7 Å². The van der Waals surface area contributed by atoms with Crippen LogP contribution in [0.15, 0.2) is 48.5 Å². The van der Waals surface area contributed by atoms with E-state index in [2.05, 4.69) is 16.0 Å². The van der Waals surface area contributed by atoms with Gasteiger partial charge in [0.2, 0.25) is 5.91 Å². The quantitative estimate of drug-likeness (QED) is 0.701. The van der Waals surface area contributed by atoms with Crippen molar-refractivity contribution in [2.45, 2.75) is 12.5 Å². The molecule has 0 aliphatic carbocycles. The van der Waals surface area contributed by atoms with Gasteiger partial charge in [-0.1, -0.05) is 24.3 Å². The van der Waals surface area contributed by atoms with Crippen LogP contribution in [0.2, 0.25) is 0 Å². The lowest BCUT2D eigenvalue weighted by Gasteiger charge is -2.26. The zero-order valence-corrected chi connectivity index (χ0v) is 12.4. The zero-order chi connectivity index (χ0) is 16.2. The first-order valence-electron chi connectivity index (χ1n) is 7.35. The van der Waals surface area contributed by atoms with Gasteiger partial charge >= 0.3 is 6.09 Å². The number of amides is 2. The summed E-state index contributed by atoms with van der Waals surface area (Å²) in [7, 11) is 0. The minimum Gasteiger partial charge on any atom is -0.465 e. The van der Waals surface area contributed by atoms with E-state index in [9.17, 15) is 9.59 Å². The number of carboxylic acid groups (broad SMARTS) is 1. The second kappa shape index (κ2) is 6.50. The number of rotatable bonds is 3. The highest BCUT2D eigenvalue weighted by Gasteiger charge is 2.25. The van der Waals surface area contributed by atoms with Crippen LogP contribution in [-0.4, -0.2) is 23.7 Å². The molecule has 6 nitrogen and oxygen atoms in total. The summed E-state index contributed by atoms with van der Waals surface area (Å²) >= 11 is 0. The summed E-state index contributed by atoms with van der Waals surface area (Å²) in [6.45, 7) is 0.760. The normalized spacial score (nSPS) is 16.3. The van der Waals surface area contributed by atoms with Crippen molar-refractivity contribution in [1.82, 2.24) is 5.32 Å². The molecule has 0 aromatic heterocycles.